The highest BCUT2D eigenvalue weighted by molar-refractivity contribution is 5.79. The number of hydrogen-bond donors (Lipinski definition) is 2. The van der Waals surface area contributed by atoms with Gasteiger partial charge in [-0.25, -0.2) is 14.6 Å². The van der Waals surface area contributed by atoms with Gasteiger partial charge in [0.05, 0.1) is 12.5 Å². The molecule has 1 unspecified atom stereocenters. The average Bonchev–Trinajstić information content (AvgIpc) is 3.22. The Morgan fingerprint density at radius 1 is 1.17 bits per heavy atom. The minimum Gasteiger partial charge on any atom is -0.481 e. The number of aryl methyl sites for hydroxylation is 2. The fourth-order valence-electron chi connectivity index (χ4n) is 4.85. The number of urea groups is 1. The second-order valence-corrected chi connectivity index (χ2v) is 8.99. The maximum atomic E-state index is 13.2. The van der Waals surface area contributed by atoms with E-state index >= 15 is 0 Å². The van der Waals surface area contributed by atoms with Crippen molar-refractivity contribution in [1.29, 1.82) is 0 Å². The minimum atomic E-state index is -1.00. The lowest BCUT2D eigenvalue weighted by Gasteiger charge is -2.28. The Bertz CT molecular complexity index is 1150. The summed E-state index contributed by atoms with van der Waals surface area (Å²) in [6.07, 6.45) is 3.47. The second-order valence-electron chi connectivity index (χ2n) is 8.99. The van der Waals surface area contributed by atoms with Gasteiger partial charge in [0.25, 0.3) is 0 Å². The van der Waals surface area contributed by atoms with E-state index < -0.39 is 18.0 Å². The number of pyridine rings is 1. The number of nitrogens with one attached hydrogen (secondary N) is 1. The van der Waals surface area contributed by atoms with Gasteiger partial charge in [-0.15, -0.1) is 0 Å². The third-order valence-electron chi connectivity index (χ3n) is 6.61. The van der Waals surface area contributed by atoms with E-state index in [2.05, 4.69) is 17.4 Å². The van der Waals surface area contributed by atoms with Gasteiger partial charge in [0.2, 0.25) is 0 Å². The minimum absolute atomic E-state index is 0.179. The standard InChI is InChI=1S/C25H28N4O6/c30-22(31)14-19(17-6-8-20-21(13-17)34-15-23(32)35-20)29-12-11-28(25(29)33)10-2-4-18-7-5-16-3-1-9-26-24(16)27-18/h5-8,13,19H,1-4,9-12,14-15H2,(H,26,27)(H,30,31). The molecule has 1 aromatic carbocycles. The van der Waals surface area contributed by atoms with E-state index in [4.69, 9.17) is 14.5 Å². The summed E-state index contributed by atoms with van der Waals surface area (Å²) in [7, 11) is 0. The number of carboxylic acids is 1. The molecule has 1 fully saturated rings. The first-order chi connectivity index (χ1) is 17.0. The predicted molar refractivity (Wildman–Crippen MR) is 126 cm³/mol. The van der Waals surface area contributed by atoms with Crippen LogP contribution in [0.15, 0.2) is 30.3 Å². The molecular weight excluding hydrogens is 452 g/mol. The number of fused-ring (bicyclic) bond motifs is 2. The van der Waals surface area contributed by atoms with Crippen molar-refractivity contribution in [2.24, 2.45) is 0 Å². The van der Waals surface area contributed by atoms with Crippen LogP contribution in [0.3, 0.4) is 0 Å². The van der Waals surface area contributed by atoms with Gasteiger partial charge in [-0.2, -0.15) is 0 Å². The molecule has 10 nitrogen and oxygen atoms in total. The number of nitrogens with zero attached hydrogens (tertiary/aromatic N) is 3. The molecule has 2 N–H and O–H groups in total. The molecule has 0 spiro atoms. The molecular formula is C25H28N4O6. The van der Waals surface area contributed by atoms with Crippen LogP contribution in [0.1, 0.15) is 42.1 Å². The summed E-state index contributed by atoms with van der Waals surface area (Å²) in [4.78, 5) is 44.3. The molecule has 0 aliphatic carbocycles. The van der Waals surface area contributed by atoms with Gasteiger partial charge in [-0.05, 0) is 55.0 Å². The van der Waals surface area contributed by atoms with Crippen LogP contribution in [-0.2, 0) is 22.4 Å². The number of rotatable bonds is 8. The van der Waals surface area contributed by atoms with Crippen LogP contribution in [-0.4, -0.2) is 70.6 Å². The first-order valence-electron chi connectivity index (χ1n) is 12.0. The van der Waals surface area contributed by atoms with Crippen LogP contribution < -0.4 is 14.8 Å². The molecule has 0 bridgehead atoms. The monoisotopic (exact) mass is 480 g/mol. The van der Waals surface area contributed by atoms with Gasteiger partial charge in [-0.1, -0.05) is 12.1 Å². The second kappa shape index (κ2) is 9.81. The smallest absolute Gasteiger partial charge is 0.349 e. The Labute approximate surface area is 202 Å². The quantitative estimate of drug-likeness (QED) is 0.437. The van der Waals surface area contributed by atoms with Crippen molar-refractivity contribution in [3.63, 3.8) is 0 Å². The summed E-state index contributed by atoms with van der Waals surface area (Å²) in [5.74, 6) is 0.142. The molecule has 1 atom stereocenters. The van der Waals surface area contributed by atoms with Crippen molar-refractivity contribution in [2.75, 3.05) is 38.1 Å². The molecule has 0 saturated carbocycles. The number of carboxylic acid groups (broad SMARTS) is 1. The highest BCUT2D eigenvalue weighted by atomic mass is 16.6. The lowest BCUT2D eigenvalue weighted by molar-refractivity contribution is -0.139. The van der Waals surface area contributed by atoms with Crippen molar-refractivity contribution in [2.45, 2.75) is 38.1 Å². The Kier molecular flexibility index (Phi) is 6.43. The zero-order chi connectivity index (χ0) is 24.4. The number of amides is 2. The zero-order valence-corrected chi connectivity index (χ0v) is 19.4. The Hall–Kier alpha value is -3.82. The SMILES string of the molecule is O=C(O)CC(c1ccc2c(c1)OCC(=O)O2)N1CCN(CCCc2ccc3c(n2)NCCC3)C1=O. The maximum Gasteiger partial charge on any atom is 0.349 e. The summed E-state index contributed by atoms with van der Waals surface area (Å²) in [5, 5.41) is 12.9. The molecule has 2 amide bonds. The van der Waals surface area contributed by atoms with Crippen molar-refractivity contribution in [1.82, 2.24) is 14.8 Å². The van der Waals surface area contributed by atoms with Gasteiger partial charge >= 0.3 is 18.0 Å². The zero-order valence-electron chi connectivity index (χ0n) is 19.4. The largest absolute Gasteiger partial charge is 0.481 e. The van der Waals surface area contributed by atoms with E-state index in [0.29, 0.717) is 36.7 Å². The van der Waals surface area contributed by atoms with Crippen LogP contribution in [0.2, 0.25) is 0 Å². The number of ether oxygens (including phenoxy) is 2. The lowest BCUT2D eigenvalue weighted by atomic mass is 10.0. The third-order valence-corrected chi connectivity index (χ3v) is 6.61. The first-order valence-corrected chi connectivity index (χ1v) is 12.0. The molecule has 3 aliphatic heterocycles. The van der Waals surface area contributed by atoms with Gasteiger partial charge in [0.1, 0.15) is 5.82 Å². The first kappa shape index (κ1) is 22.9. The number of hydrogen-bond acceptors (Lipinski definition) is 7. The molecule has 1 aromatic heterocycles. The summed E-state index contributed by atoms with van der Waals surface area (Å²) < 4.78 is 10.6. The number of aliphatic carboxylic acids is 1. The topological polar surface area (TPSA) is 121 Å². The molecule has 3 aliphatic rings. The van der Waals surface area contributed by atoms with Crippen LogP contribution in [0.5, 0.6) is 11.5 Å². The Morgan fingerprint density at radius 2 is 2.06 bits per heavy atom. The molecule has 35 heavy (non-hydrogen) atoms. The van der Waals surface area contributed by atoms with Crippen molar-refractivity contribution >= 4 is 23.8 Å². The van der Waals surface area contributed by atoms with Crippen molar-refractivity contribution in [3.05, 3.63) is 47.2 Å². The number of anilines is 1. The number of aromatic nitrogens is 1. The molecule has 2 aromatic rings. The van der Waals surface area contributed by atoms with Gasteiger partial charge in [0.15, 0.2) is 18.1 Å². The predicted octanol–water partition coefficient (Wildman–Crippen LogP) is 2.62. The third kappa shape index (κ3) is 5.01. The van der Waals surface area contributed by atoms with Crippen molar-refractivity contribution in [3.8, 4) is 11.5 Å². The molecule has 5 rings (SSSR count). The lowest BCUT2D eigenvalue weighted by Crippen LogP contribution is -2.36. The summed E-state index contributed by atoms with van der Waals surface area (Å²) >= 11 is 0. The van der Waals surface area contributed by atoms with Crippen LogP contribution in [0.25, 0.3) is 0 Å². The number of benzene rings is 1. The fraction of sp³-hybridized carbons (Fsp3) is 0.440. The highest BCUT2D eigenvalue weighted by Crippen LogP contribution is 2.36. The van der Waals surface area contributed by atoms with Gasteiger partial charge in [-0.3, -0.25) is 4.79 Å². The van der Waals surface area contributed by atoms with E-state index in [1.807, 2.05) is 0 Å². The van der Waals surface area contributed by atoms with Crippen LogP contribution >= 0.6 is 0 Å². The number of carbonyl (C=O) groups excluding carboxylic acids is 2. The summed E-state index contributed by atoms with van der Waals surface area (Å²) in [5.41, 5.74) is 2.88. The molecule has 184 valence electrons. The highest BCUT2D eigenvalue weighted by Gasteiger charge is 2.36. The van der Waals surface area contributed by atoms with E-state index in [1.54, 1.807) is 28.0 Å². The van der Waals surface area contributed by atoms with Gasteiger partial charge < -0.3 is 29.7 Å². The van der Waals surface area contributed by atoms with E-state index in [-0.39, 0.29) is 19.1 Å². The van der Waals surface area contributed by atoms with E-state index in [1.165, 1.54) is 5.56 Å². The molecule has 0 radical (unpaired) electrons. The van der Waals surface area contributed by atoms with E-state index in [0.717, 1.165) is 43.7 Å². The van der Waals surface area contributed by atoms with Crippen LogP contribution in [0.4, 0.5) is 10.6 Å². The normalized spacial score (nSPS) is 17.7. The maximum absolute atomic E-state index is 13.2. The van der Waals surface area contributed by atoms with Crippen LogP contribution in [0, 0.1) is 0 Å². The Morgan fingerprint density at radius 3 is 2.91 bits per heavy atom. The molecule has 10 heteroatoms. The fourth-order valence-corrected chi connectivity index (χ4v) is 4.85. The van der Waals surface area contributed by atoms with Gasteiger partial charge in [0, 0.05) is 31.9 Å². The number of carbonyl (C=O) groups is 3. The van der Waals surface area contributed by atoms with E-state index in [9.17, 15) is 19.5 Å². The summed E-state index contributed by atoms with van der Waals surface area (Å²) in [6, 6.07) is 8.27. The molecule has 4 heterocycles. The summed E-state index contributed by atoms with van der Waals surface area (Å²) in [6.45, 7) is 2.29. The molecule has 1 saturated heterocycles. The van der Waals surface area contributed by atoms with Crippen molar-refractivity contribution < 1.29 is 29.0 Å². The average molecular weight is 481 g/mol. The number of esters is 1. The Balaban J connectivity index is 1.23.